The lowest BCUT2D eigenvalue weighted by molar-refractivity contribution is -0.127. The fourth-order valence-electron chi connectivity index (χ4n) is 0.690. The summed E-state index contributed by atoms with van der Waals surface area (Å²) in [5.41, 5.74) is -1.13. The Balaban J connectivity index is 4.29. The zero-order chi connectivity index (χ0) is 9.99. The minimum Gasteiger partial charge on any atom is -0.299 e. The van der Waals surface area contributed by atoms with E-state index in [2.05, 4.69) is 5.18 Å². The van der Waals surface area contributed by atoms with Gasteiger partial charge in [-0.05, 0) is 13.8 Å². The fourth-order valence-corrected chi connectivity index (χ4v) is 0.690. The Kier molecular flexibility index (Phi) is 3.13. The molecule has 0 aromatic carbocycles. The molecule has 0 aromatic rings. The molecule has 3 nitrogen and oxygen atoms in total. The van der Waals surface area contributed by atoms with E-state index in [1.807, 2.05) is 20.8 Å². The molecule has 0 radical (unpaired) electrons. The monoisotopic (exact) mass is 171 g/mol. The van der Waals surface area contributed by atoms with E-state index >= 15 is 0 Å². The molecule has 0 spiro atoms. The van der Waals surface area contributed by atoms with Gasteiger partial charge in [-0.25, -0.2) is 0 Å². The first-order valence-corrected chi connectivity index (χ1v) is 4.07. The fraction of sp³-hybridized carbons (Fsp3) is 0.889. The number of carbonyl (C=O) groups excluding carboxylic acids is 1. The van der Waals surface area contributed by atoms with Crippen LogP contribution in [0.3, 0.4) is 0 Å². The summed E-state index contributed by atoms with van der Waals surface area (Å²) in [4.78, 5) is 21.7. The van der Waals surface area contributed by atoms with E-state index in [0.29, 0.717) is 0 Å². The Labute approximate surface area is 73.5 Å². The van der Waals surface area contributed by atoms with Crippen LogP contribution < -0.4 is 0 Å². The van der Waals surface area contributed by atoms with Gasteiger partial charge in [-0.1, -0.05) is 25.9 Å². The van der Waals surface area contributed by atoms with Crippen molar-refractivity contribution in [3.05, 3.63) is 4.91 Å². The summed E-state index contributed by atoms with van der Waals surface area (Å²) in [6, 6.07) is 0. The van der Waals surface area contributed by atoms with Crippen molar-refractivity contribution in [2.75, 3.05) is 0 Å². The maximum atomic E-state index is 11.4. The molecular weight excluding hydrogens is 154 g/mol. The third-order valence-corrected chi connectivity index (χ3v) is 1.68. The molecule has 0 aliphatic rings. The first kappa shape index (κ1) is 11.3. The molecule has 0 saturated carbocycles. The number of nitroso groups, excluding NO2 is 1. The van der Waals surface area contributed by atoms with Crippen molar-refractivity contribution in [3.63, 3.8) is 0 Å². The summed E-state index contributed by atoms with van der Waals surface area (Å²) in [6.07, 6.45) is 0.222. The van der Waals surface area contributed by atoms with Crippen LogP contribution in [0.15, 0.2) is 5.18 Å². The molecule has 0 unspecified atom stereocenters. The largest absolute Gasteiger partial charge is 0.299 e. The van der Waals surface area contributed by atoms with Gasteiger partial charge in [-0.2, -0.15) is 4.91 Å². The number of nitrogens with zero attached hydrogens (tertiary/aromatic N) is 1. The molecule has 0 saturated heterocycles. The highest BCUT2D eigenvalue weighted by Gasteiger charge is 2.29. The Bertz CT molecular complexity index is 189. The van der Waals surface area contributed by atoms with Crippen LogP contribution in [0.2, 0.25) is 0 Å². The molecular formula is C9H17NO2. The summed E-state index contributed by atoms with van der Waals surface area (Å²) in [6.45, 7) is 8.87. The van der Waals surface area contributed by atoms with Crippen LogP contribution in [0.1, 0.15) is 41.0 Å². The Morgan fingerprint density at radius 3 is 1.83 bits per heavy atom. The quantitative estimate of drug-likeness (QED) is 0.612. The van der Waals surface area contributed by atoms with Crippen LogP contribution in [0, 0.1) is 10.3 Å². The van der Waals surface area contributed by atoms with Crippen LogP contribution >= 0.6 is 0 Å². The van der Waals surface area contributed by atoms with Crippen molar-refractivity contribution in [1.29, 1.82) is 0 Å². The molecule has 0 rings (SSSR count). The van der Waals surface area contributed by atoms with Gasteiger partial charge in [-0.3, -0.25) is 4.79 Å². The molecule has 0 N–H and O–H groups in total. The van der Waals surface area contributed by atoms with Crippen LogP contribution in [0.5, 0.6) is 0 Å². The summed E-state index contributed by atoms with van der Waals surface area (Å²) < 4.78 is 0. The van der Waals surface area contributed by atoms with E-state index in [9.17, 15) is 9.70 Å². The third kappa shape index (κ3) is 3.60. The smallest absolute Gasteiger partial charge is 0.140 e. The van der Waals surface area contributed by atoms with E-state index in [1.165, 1.54) is 0 Å². The van der Waals surface area contributed by atoms with E-state index in [4.69, 9.17) is 0 Å². The molecule has 0 aliphatic heterocycles. The van der Waals surface area contributed by atoms with Gasteiger partial charge < -0.3 is 0 Å². The Morgan fingerprint density at radius 2 is 1.58 bits per heavy atom. The topological polar surface area (TPSA) is 46.5 Å². The number of carbonyl (C=O) groups is 1. The predicted molar refractivity (Wildman–Crippen MR) is 49.0 cm³/mol. The normalized spacial score (nSPS) is 12.8. The van der Waals surface area contributed by atoms with Crippen molar-refractivity contribution in [2.45, 2.75) is 46.6 Å². The van der Waals surface area contributed by atoms with Crippen molar-refractivity contribution in [2.24, 2.45) is 10.6 Å². The molecule has 0 aromatic heterocycles. The molecule has 70 valence electrons. The summed E-state index contributed by atoms with van der Waals surface area (Å²) in [7, 11) is 0. The van der Waals surface area contributed by atoms with Gasteiger partial charge in [-0.15, -0.1) is 0 Å². The molecule has 3 heteroatoms. The molecule has 0 bridgehead atoms. The minimum atomic E-state index is -0.760. The molecule has 0 amide bonds. The van der Waals surface area contributed by atoms with Gasteiger partial charge in [0.2, 0.25) is 0 Å². The van der Waals surface area contributed by atoms with E-state index in [1.54, 1.807) is 13.8 Å². The highest BCUT2D eigenvalue weighted by molar-refractivity contribution is 5.84. The first-order chi connectivity index (χ1) is 5.19. The van der Waals surface area contributed by atoms with Gasteiger partial charge in [0.1, 0.15) is 11.3 Å². The average molecular weight is 171 g/mol. The second-order valence-electron chi connectivity index (χ2n) is 4.75. The summed E-state index contributed by atoms with van der Waals surface area (Å²) >= 11 is 0. The van der Waals surface area contributed by atoms with Gasteiger partial charge >= 0.3 is 0 Å². The van der Waals surface area contributed by atoms with Crippen LogP contribution in [-0.2, 0) is 4.79 Å². The highest BCUT2D eigenvalue weighted by Crippen LogP contribution is 2.23. The molecule has 0 atom stereocenters. The van der Waals surface area contributed by atoms with Gasteiger partial charge in [0.05, 0.1) is 0 Å². The second-order valence-corrected chi connectivity index (χ2v) is 4.75. The summed E-state index contributed by atoms with van der Waals surface area (Å²) in [5, 5.41) is 2.90. The number of Topliss-reactive ketones (excluding diaryl/α,β-unsaturated/α-hetero) is 1. The van der Waals surface area contributed by atoms with Crippen molar-refractivity contribution in [1.82, 2.24) is 0 Å². The molecule has 12 heavy (non-hydrogen) atoms. The van der Waals surface area contributed by atoms with E-state index < -0.39 is 5.54 Å². The zero-order valence-electron chi connectivity index (χ0n) is 8.47. The Hall–Kier alpha value is -0.730. The lowest BCUT2D eigenvalue weighted by Crippen LogP contribution is -2.29. The number of ketones is 1. The van der Waals surface area contributed by atoms with E-state index in [-0.39, 0.29) is 17.6 Å². The number of rotatable bonds is 3. The van der Waals surface area contributed by atoms with Crippen LogP contribution in [0.4, 0.5) is 0 Å². The maximum absolute atomic E-state index is 11.4. The van der Waals surface area contributed by atoms with Crippen molar-refractivity contribution < 1.29 is 4.79 Å². The number of hydrogen-bond donors (Lipinski definition) is 0. The standard InChI is InChI=1S/C9H17NO2/c1-8(2,3)7(11)6-9(4,5)10-12/h6H2,1-5H3. The van der Waals surface area contributed by atoms with Crippen molar-refractivity contribution >= 4 is 5.78 Å². The molecule has 0 heterocycles. The first-order valence-electron chi connectivity index (χ1n) is 4.07. The van der Waals surface area contributed by atoms with Gasteiger partial charge in [0.25, 0.3) is 0 Å². The minimum absolute atomic E-state index is 0.0760. The Morgan fingerprint density at radius 1 is 1.17 bits per heavy atom. The predicted octanol–water partition coefficient (Wildman–Crippen LogP) is 2.54. The molecule has 0 fully saturated rings. The SMILES string of the molecule is CC(C)(CC(=O)C(C)(C)C)N=O. The second kappa shape index (κ2) is 3.33. The molecule has 0 aliphatic carbocycles. The lowest BCUT2D eigenvalue weighted by Gasteiger charge is -2.21. The van der Waals surface area contributed by atoms with Crippen LogP contribution in [0.25, 0.3) is 0 Å². The lowest BCUT2D eigenvalue weighted by atomic mass is 9.84. The van der Waals surface area contributed by atoms with Crippen LogP contribution in [-0.4, -0.2) is 11.3 Å². The zero-order valence-corrected chi connectivity index (χ0v) is 8.47. The van der Waals surface area contributed by atoms with Gasteiger partial charge in [0, 0.05) is 11.8 Å². The average Bonchev–Trinajstić information content (AvgIpc) is 1.85. The van der Waals surface area contributed by atoms with E-state index in [0.717, 1.165) is 0 Å². The highest BCUT2D eigenvalue weighted by atomic mass is 16.3. The van der Waals surface area contributed by atoms with Crippen molar-refractivity contribution in [3.8, 4) is 0 Å². The summed E-state index contributed by atoms with van der Waals surface area (Å²) in [5.74, 6) is 0.0760. The van der Waals surface area contributed by atoms with Gasteiger partial charge in [0.15, 0.2) is 0 Å². The number of hydrogen-bond acceptors (Lipinski definition) is 3. The maximum Gasteiger partial charge on any atom is 0.140 e. The third-order valence-electron chi connectivity index (χ3n) is 1.68.